The number of hydrogen-bond donors (Lipinski definition) is 5. The van der Waals surface area contributed by atoms with Gasteiger partial charge in [-0.25, -0.2) is 19.6 Å². The van der Waals surface area contributed by atoms with Crippen molar-refractivity contribution in [3.8, 4) is 0 Å². The standard InChI is InChI=1S/C24H37N3O4S.C22H33N3O4S/c1-4-16-32-22-19(21(28)25-18-8-6-5-7-9-18)10-11-20(26-22)27-14-12-24(13-15-27,17(2)3)31-23(29)30;1-2-14-30-21-18(20(26)24-15-6-4-3-5-7-15)12-13-19(25-21)23-16-8-10-17(11-9-16)29-22(27)28/h10-11,17-18H,4-9,12-16H2,1-3H3,(H,25,28)(H,29,30);12-13,15-17H,2-11,14H2,1H3,(H,23,25)(H,24,26)(H,27,28). The van der Waals surface area contributed by atoms with Crippen molar-refractivity contribution in [2.24, 2.45) is 5.92 Å². The zero-order valence-electron chi connectivity index (χ0n) is 37.3. The van der Waals surface area contributed by atoms with Gasteiger partial charge in [0.25, 0.3) is 11.8 Å². The molecule has 3 heterocycles. The Morgan fingerprint density at radius 3 is 1.71 bits per heavy atom. The molecule has 6 rings (SSSR count). The highest BCUT2D eigenvalue weighted by Crippen LogP contribution is 2.36. The number of anilines is 2. The predicted octanol–water partition coefficient (Wildman–Crippen LogP) is 10.4. The van der Waals surface area contributed by atoms with Crippen molar-refractivity contribution in [2.75, 3.05) is 34.8 Å². The van der Waals surface area contributed by atoms with Crippen molar-refractivity contribution in [3.63, 3.8) is 0 Å². The van der Waals surface area contributed by atoms with Gasteiger partial charge in [-0.2, -0.15) is 0 Å². The number of ether oxygens (including phenoxy) is 2. The molecule has 3 saturated carbocycles. The van der Waals surface area contributed by atoms with E-state index >= 15 is 0 Å². The average Bonchev–Trinajstić information content (AvgIpc) is 3.26. The summed E-state index contributed by atoms with van der Waals surface area (Å²) in [5, 5.41) is 29.4. The van der Waals surface area contributed by atoms with E-state index in [-0.39, 0.29) is 42.0 Å². The van der Waals surface area contributed by atoms with Gasteiger partial charge in [0.1, 0.15) is 33.4 Å². The second-order valence-electron chi connectivity index (χ2n) is 17.5. The summed E-state index contributed by atoms with van der Waals surface area (Å²) in [4.78, 5) is 59.6. The predicted molar refractivity (Wildman–Crippen MR) is 246 cm³/mol. The minimum Gasteiger partial charge on any atom is -0.450 e. The number of piperidine rings is 1. The lowest BCUT2D eigenvalue weighted by molar-refractivity contribution is -0.0632. The highest BCUT2D eigenvalue weighted by Gasteiger charge is 2.41. The van der Waals surface area contributed by atoms with E-state index in [9.17, 15) is 24.3 Å². The molecule has 0 aromatic carbocycles. The van der Waals surface area contributed by atoms with Gasteiger partial charge < -0.3 is 40.5 Å². The Labute approximate surface area is 376 Å². The Bertz CT molecular complexity index is 1760. The number of carbonyl (C=O) groups is 4. The van der Waals surface area contributed by atoms with E-state index in [4.69, 9.17) is 24.5 Å². The van der Waals surface area contributed by atoms with Gasteiger partial charge >= 0.3 is 12.3 Å². The second kappa shape index (κ2) is 24.8. The third-order valence-corrected chi connectivity index (χ3v) is 14.9. The summed E-state index contributed by atoms with van der Waals surface area (Å²) < 4.78 is 10.2. The number of nitrogens with one attached hydrogen (secondary N) is 3. The van der Waals surface area contributed by atoms with E-state index in [0.717, 1.165) is 84.6 Å². The molecule has 5 N–H and O–H groups in total. The quantitative estimate of drug-likeness (QED) is 0.0789. The Kier molecular flexibility index (Phi) is 19.6. The molecular formula is C46H70N6O8S2. The van der Waals surface area contributed by atoms with Crippen LogP contribution in [-0.4, -0.2) is 98.7 Å². The van der Waals surface area contributed by atoms with E-state index in [1.165, 1.54) is 38.5 Å². The number of amides is 2. The first kappa shape index (κ1) is 49.1. The SMILES string of the molecule is CCCSc1nc(N2CCC(OC(=O)O)(C(C)C)CC2)ccc1C(=O)NC1CCCCC1.CCCSc1nc(NC2CCC(OC(=O)O)CC2)ccc1C(=O)NC1CCCCC1. The summed E-state index contributed by atoms with van der Waals surface area (Å²) >= 11 is 3.25. The molecule has 14 nitrogen and oxygen atoms in total. The largest absolute Gasteiger partial charge is 0.506 e. The van der Waals surface area contributed by atoms with Crippen LogP contribution in [0.15, 0.2) is 34.3 Å². The maximum Gasteiger partial charge on any atom is 0.506 e. The van der Waals surface area contributed by atoms with E-state index in [1.807, 2.05) is 38.1 Å². The molecule has 344 valence electrons. The van der Waals surface area contributed by atoms with Crippen LogP contribution >= 0.6 is 23.5 Å². The fraction of sp³-hybridized carbons (Fsp3) is 0.696. The van der Waals surface area contributed by atoms with Crippen LogP contribution in [0.2, 0.25) is 0 Å². The molecule has 3 aliphatic carbocycles. The summed E-state index contributed by atoms with van der Waals surface area (Å²) in [7, 11) is 0. The third kappa shape index (κ3) is 14.8. The number of thioether (sulfide) groups is 2. The van der Waals surface area contributed by atoms with Crippen molar-refractivity contribution < 1.29 is 38.9 Å². The van der Waals surface area contributed by atoms with Crippen LogP contribution in [0.3, 0.4) is 0 Å². The first-order valence-electron chi connectivity index (χ1n) is 23.1. The van der Waals surface area contributed by atoms with E-state index in [1.54, 1.807) is 23.5 Å². The molecular weight excluding hydrogens is 829 g/mol. The lowest BCUT2D eigenvalue weighted by atomic mass is 9.81. The summed E-state index contributed by atoms with van der Waals surface area (Å²) in [6, 6.07) is 8.35. The van der Waals surface area contributed by atoms with Gasteiger partial charge in [-0.15, -0.1) is 23.5 Å². The first-order chi connectivity index (χ1) is 29.9. The molecule has 2 aromatic heterocycles. The highest BCUT2D eigenvalue weighted by molar-refractivity contribution is 7.99. The van der Waals surface area contributed by atoms with Crippen molar-refractivity contribution in [1.82, 2.24) is 20.6 Å². The Hall–Kier alpha value is -3.92. The van der Waals surface area contributed by atoms with Crippen LogP contribution in [-0.2, 0) is 9.47 Å². The smallest absolute Gasteiger partial charge is 0.450 e. The van der Waals surface area contributed by atoms with Crippen LogP contribution in [0, 0.1) is 5.92 Å². The molecule has 0 bridgehead atoms. The summed E-state index contributed by atoms with van der Waals surface area (Å²) in [6.45, 7) is 9.60. The number of pyridine rings is 2. The molecule has 2 aromatic rings. The molecule has 0 atom stereocenters. The highest BCUT2D eigenvalue weighted by atomic mass is 32.2. The summed E-state index contributed by atoms with van der Waals surface area (Å²) in [6.07, 6.45) is 15.2. The monoisotopic (exact) mass is 898 g/mol. The van der Waals surface area contributed by atoms with Crippen LogP contribution in [0.1, 0.15) is 164 Å². The van der Waals surface area contributed by atoms with Gasteiger partial charge in [-0.3, -0.25) is 9.59 Å². The van der Waals surface area contributed by atoms with Crippen molar-refractivity contribution in [1.29, 1.82) is 0 Å². The molecule has 2 amide bonds. The van der Waals surface area contributed by atoms with Gasteiger partial charge in [-0.05, 0) is 106 Å². The average molecular weight is 899 g/mol. The Balaban J connectivity index is 0.000000235. The first-order valence-corrected chi connectivity index (χ1v) is 25.1. The van der Waals surface area contributed by atoms with E-state index < -0.39 is 17.9 Å². The minimum absolute atomic E-state index is 0.0223. The fourth-order valence-corrected chi connectivity index (χ4v) is 10.6. The molecule has 0 unspecified atom stereocenters. The molecule has 16 heteroatoms. The minimum atomic E-state index is -1.21. The zero-order chi connectivity index (χ0) is 44.5. The molecule has 4 aliphatic rings. The van der Waals surface area contributed by atoms with Crippen molar-refractivity contribution in [3.05, 3.63) is 35.4 Å². The lowest BCUT2D eigenvalue weighted by Crippen LogP contribution is -2.50. The van der Waals surface area contributed by atoms with Crippen LogP contribution in [0.4, 0.5) is 21.2 Å². The molecule has 4 fully saturated rings. The Morgan fingerprint density at radius 1 is 0.710 bits per heavy atom. The molecule has 1 aliphatic heterocycles. The third-order valence-electron chi connectivity index (χ3n) is 12.5. The number of carbonyl (C=O) groups excluding carboxylic acids is 2. The van der Waals surface area contributed by atoms with Gasteiger partial charge in [0.2, 0.25) is 0 Å². The lowest BCUT2D eigenvalue weighted by Gasteiger charge is -2.43. The van der Waals surface area contributed by atoms with E-state index in [0.29, 0.717) is 49.9 Å². The maximum atomic E-state index is 13.0. The number of rotatable bonds is 16. The van der Waals surface area contributed by atoms with Crippen LogP contribution in [0.25, 0.3) is 0 Å². The van der Waals surface area contributed by atoms with Crippen LogP contribution in [0.5, 0.6) is 0 Å². The van der Waals surface area contributed by atoms with Crippen molar-refractivity contribution >= 4 is 59.3 Å². The van der Waals surface area contributed by atoms with E-state index in [2.05, 4.69) is 34.7 Å². The number of aromatic nitrogens is 2. The van der Waals surface area contributed by atoms with Gasteiger partial charge in [-0.1, -0.05) is 66.2 Å². The molecule has 0 radical (unpaired) electrons. The molecule has 0 spiro atoms. The zero-order valence-corrected chi connectivity index (χ0v) is 38.9. The summed E-state index contributed by atoms with van der Waals surface area (Å²) in [5.41, 5.74) is 0.658. The number of carboxylic acid groups (broad SMARTS) is 2. The second-order valence-corrected chi connectivity index (χ2v) is 19.6. The summed E-state index contributed by atoms with van der Waals surface area (Å²) in [5.74, 6) is 3.49. The molecule has 1 saturated heterocycles. The van der Waals surface area contributed by atoms with Gasteiger partial charge in [0.15, 0.2) is 0 Å². The Morgan fingerprint density at radius 2 is 1.23 bits per heavy atom. The van der Waals surface area contributed by atoms with Crippen LogP contribution < -0.4 is 20.9 Å². The van der Waals surface area contributed by atoms with Crippen molar-refractivity contribution in [2.45, 2.75) is 183 Å². The number of nitrogens with zero attached hydrogens (tertiary/aromatic N) is 3. The molecule has 62 heavy (non-hydrogen) atoms. The fourth-order valence-electron chi connectivity index (χ4n) is 8.87. The topological polar surface area (TPSA) is 192 Å². The number of hydrogen-bond acceptors (Lipinski definition) is 12. The maximum absolute atomic E-state index is 13.0. The van der Waals surface area contributed by atoms with Gasteiger partial charge in [0, 0.05) is 44.1 Å². The van der Waals surface area contributed by atoms with Gasteiger partial charge in [0.05, 0.1) is 11.1 Å². The normalized spacial score (nSPS) is 20.6.